The van der Waals surface area contributed by atoms with Crippen LogP contribution in [-0.4, -0.2) is 0 Å². The van der Waals surface area contributed by atoms with Crippen molar-refractivity contribution in [1.82, 2.24) is 0 Å². The van der Waals surface area contributed by atoms with Crippen LogP contribution in [0.5, 0.6) is 0 Å². The van der Waals surface area contributed by atoms with Gasteiger partial charge in [-0.1, -0.05) is 84.9 Å². The van der Waals surface area contributed by atoms with Crippen molar-refractivity contribution in [2.75, 3.05) is 0 Å². The van der Waals surface area contributed by atoms with E-state index in [-0.39, 0.29) is 51.0 Å². The Hall–Kier alpha value is -1.66. The smallest absolute Gasteiger partial charge is 1.00 e. The van der Waals surface area contributed by atoms with Crippen LogP contribution >= 0.6 is 0 Å². The Morgan fingerprint density at radius 1 is 0.467 bits per heavy atom. The topological polar surface area (TPSA) is 0 Å². The molecule has 0 heterocycles. The Morgan fingerprint density at radius 3 is 1.33 bits per heavy atom. The van der Waals surface area contributed by atoms with Gasteiger partial charge in [-0.15, -0.1) is 0 Å². The Balaban J connectivity index is 0.000000853. The molecule has 4 aromatic rings. The van der Waals surface area contributed by atoms with Gasteiger partial charge in [0.1, 0.15) is 0 Å². The van der Waals surface area contributed by atoms with Crippen LogP contribution in [-0.2, 0) is 45.5 Å². The van der Waals surface area contributed by atoms with Crippen molar-refractivity contribution in [2.24, 2.45) is 0 Å². The van der Waals surface area contributed by atoms with Crippen molar-refractivity contribution >= 4 is 0 Å². The normalized spacial score (nSPS) is 11.7. The number of benzene rings is 4. The predicted octanol–water partition coefficient (Wildman–Crippen LogP) is 0.425. The molecular weight excluding hydrogens is 486 g/mol. The zero-order valence-corrected chi connectivity index (χ0v) is 20.4. The van der Waals surface area contributed by atoms with Crippen molar-refractivity contribution in [3.05, 3.63) is 118 Å². The van der Waals surface area contributed by atoms with Crippen molar-refractivity contribution < 1.29 is 51.0 Å². The third-order valence-corrected chi connectivity index (χ3v) is 6.28. The van der Waals surface area contributed by atoms with Crippen LogP contribution in [0, 0.1) is 0 Å². The molecule has 0 radical (unpaired) electrons. The summed E-state index contributed by atoms with van der Waals surface area (Å²) in [6.45, 7) is 0. The Kier molecular flexibility index (Phi) is 7.08. The van der Waals surface area contributed by atoms with Crippen LogP contribution in [0.15, 0.2) is 84.9 Å². The molecule has 146 valence electrons. The van der Waals surface area contributed by atoms with Gasteiger partial charge in [0.15, 0.2) is 0 Å². The summed E-state index contributed by atoms with van der Waals surface area (Å²) in [7, 11) is 0. The van der Waals surface area contributed by atoms with E-state index in [9.17, 15) is 0 Å². The Labute approximate surface area is 209 Å². The number of hydrogen-bond donors (Lipinski definition) is 0. The van der Waals surface area contributed by atoms with E-state index in [0.29, 0.717) is 0 Å². The summed E-state index contributed by atoms with van der Waals surface area (Å²) in [4.78, 5) is 0. The third kappa shape index (κ3) is 3.62. The molecule has 2 aliphatic rings. The first-order valence-corrected chi connectivity index (χ1v) is 9.76. The second-order valence-corrected chi connectivity index (χ2v) is 7.73. The van der Waals surface area contributed by atoms with E-state index in [1.807, 2.05) is 0 Å². The van der Waals surface area contributed by atoms with Crippen LogP contribution in [0.3, 0.4) is 0 Å². The van der Waals surface area contributed by atoms with Crippen molar-refractivity contribution in [2.45, 2.75) is 19.3 Å². The average molecular weight is 507 g/mol. The van der Waals surface area contributed by atoms with Crippen LogP contribution in [0.4, 0.5) is 0 Å². The molecule has 0 spiro atoms. The van der Waals surface area contributed by atoms with Gasteiger partial charge in [0.05, 0.1) is 0 Å². The van der Waals surface area contributed by atoms with Crippen molar-refractivity contribution in [3.63, 3.8) is 0 Å². The molecule has 0 N–H and O–H groups in total. The van der Waals surface area contributed by atoms with Gasteiger partial charge < -0.3 is 24.8 Å². The van der Waals surface area contributed by atoms with Crippen molar-refractivity contribution in [1.29, 1.82) is 0 Å². The van der Waals surface area contributed by atoms with Crippen LogP contribution in [0.1, 0.15) is 33.4 Å². The maximum atomic E-state index is 2.33. The molecule has 30 heavy (non-hydrogen) atoms. The minimum atomic E-state index is 0. The van der Waals surface area contributed by atoms with Crippen molar-refractivity contribution in [3.8, 4) is 22.3 Å². The van der Waals surface area contributed by atoms with Gasteiger partial charge in [-0.25, -0.2) is 0 Å². The maximum Gasteiger partial charge on any atom is 2.00 e. The molecule has 2 aliphatic carbocycles. The largest absolute Gasteiger partial charge is 2.00 e. The van der Waals surface area contributed by atoms with E-state index in [0.717, 1.165) is 19.3 Å². The van der Waals surface area contributed by atoms with Gasteiger partial charge in [-0.2, -0.15) is 0 Å². The van der Waals surface area contributed by atoms with E-state index in [4.69, 9.17) is 0 Å². The van der Waals surface area contributed by atoms with E-state index in [1.165, 1.54) is 55.6 Å². The van der Waals surface area contributed by atoms with E-state index in [2.05, 4.69) is 84.9 Å². The standard InChI is InChI=1S/C27H20.2ClH.Zr/c1-3-11-22-20(7-1)16-26-18(9-5-13-24(22)26)15-19-10-6-14-25-23-12-4-2-8-21(23)17-27(19)25;;;/h1-14H,15-17H2;2*1H;/q;;;+2/p-2. The number of fused-ring (bicyclic) bond motifs is 6. The van der Waals surface area contributed by atoms with Gasteiger partial charge in [0.2, 0.25) is 0 Å². The van der Waals surface area contributed by atoms with Gasteiger partial charge in [-0.05, 0) is 74.9 Å². The van der Waals surface area contributed by atoms with E-state index >= 15 is 0 Å². The molecule has 0 fully saturated rings. The number of rotatable bonds is 2. The first-order valence-electron chi connectivity index (χ1n) is 9.76. The second kappa shape index (κ2) is 9.23. The summed E-state index contributed by atoms with van der Waals surface area (Å²) < 4.78 is 0. The summed E-state index contributed by atoms with van der Waals surface area (Å²) in [5, 5.41) is 0. The summed E-state index contributed by atoms with van der Waals surface area (Å²) in [5.41, 5.74) is 14.6. The minimum Gasteiger partial charge on any atom is -1.00 e. The molecule has 4 aromatic carbocycles. The Morgan fingerprint density at radius 2 is 0.867 bits per heavy atom. The average Bonchev–Trinajstić information content (AvgIpc) is 3.28. The molecule has 0 aromatic heterocycles. The molecular formula is C27H20Cl2Zr. The van der Waals surface area contributed by atoms with Gasteiger partial charge in [0.25, 0.3) is 0 Å². The zero-order chi connectivity index (χ0) is 17.8. The van der Waals surface area contributed by atoms with E-state index < -0.39 is 0 Å². The number of hydrogen-bond acceptors (Lipinski definition) is 0. The van der Waals surface area contributed by atoms with Gasteiger partial charge in [-0.3, -0.25) is 0 Å². The summed E-state index contributed by atoms with van der Waals surface area (Å²) >= 11 is 0. The summed E-state index contributed by atoms with van der Waals surface area (Å²) in [6, 6.07) is 31.4. The molecule has 0 saturated carbocycles. The molecule has 6 rings (SSSR count). The summed E-state index contributed by atoms with van der Waals surface area (Å²) in [5.74, 6) is 0. The fourth-order valence-electron chi connectivity index (χ4n) is 4.98. The molecule has 0 aliphatic heterocycles. The van der Waals surface area contributed by atoms with Crippen LogP contribution in [0.2, 0.25) is 0 Å². The Bertz CT molecular complexity index is 1120. The molecule has 0 saturated heterocycles. The second-order valence-electron chi connectivity index (χ2n) is 7.73. The fraction of sp³-hybridized carbons (Fsp3) is 0.111. The molecule has 0 atom stereocenters. The van der Waals surface area contributed by atoms with Gasteiger partial charge in [0, 0.05) is 0 Å². The fourth-order valence-corrected chi connectivity index (χ4v) is 4.98. The van der Waals surface area contributed by atoms with Crippen LogP contribution < -0.4 is 24.8 Å². The first kappa shape index (κ1) is 23.0. The molecule has 0 bridgehead atoms. The monoisotopic (exact) mass is 504 g/mol. The SMILES string of the molecule is [Cl-].[Cl-].[Zr+2].c1ccc2c(c1)Cc1c(Cc3cccc4c3Cc3ccccc3-4)cccc1-2. The third-order valence-electron chi connectivity index (χ3n) is 6.28. The van der Waals surface area contributed by atoms with Gasteiger partial charge >= 0.3 is 26.2 Å². The molecule has 0 nitrogen and oxygen atoms in total. The molecule has 0 amide bonds. The number of halogens is 2. The quantitative estimate of drug-likeness (QED) is 0.320. The van der Waals surface area contributed by atoms with E-state index in [1.54, 1.807) is 0 Å². The van der Waals surface area contributed by atoms with Crippen LogP contribution in [0.25, 0.3) is 22.3 Å². The minimum absolute atomic E-state index is 0. The molecule has 0 unspecified atom stereocenters. The summed E-state index contributed by atoms with van der Waals surface area (Å²) in [6.07, 6.45) is 3.15. The predicted molar refractivity (Wildman–Crippen MR) is 112 cm³/mol. The maximum absolute atomic E-state index is 2.33. The molecule has 3 heteroatoms. The first-order chi connectivity index (χ1) is 13.4. The zero-order valence-electron chi connectivity index (χ0n) is 16.5.